The highest BCUT2D eigenvalue weighted by Crippen LogP contribution is 2.14. The van der Waals surface area contributed by atoms with Crippen molar-refractivity contribution in [2.24, 2.45) is 0 Å². The molecule has 2 rings (SSSR count). The first-order valence-corrected chi connectivity index (χ1v) is 8.51. The predicted octanol–water partition coefficient (Wildman–Crippen LogP) is 2.39. The van der Waals surface area contributed by atoms with Crippen LogP contribution in [0.4, 0.5) is 0 Å². The van der Waals surface area contributed by atoms with Gasteiger partial charge in [-0.25, -0.2) is 13.1 Å². The number of benzene rings is 1. The highest BCUT2D eigenvalue weighted by Gasteiger charge is 2.12. The molecular formula is C13H16BrN3O2S. The van der Waals surface area contributed by atoms with Crippen molar-refractivity contribution in [2.45, 2.75) is 24.7 Å². The van der Waals surface area contributed by atoms with Gasteiger partial charge in [-0.3, -0.25) is 5.10 Å². The predicted molar refractivity (Wildman–Crippen MR) is 81.0 cm³/mol. The van der Waals surface area contributed by atoms with E-state index in [0.29, 0.717) is 6.54 Å². The second kappa shape index (κ2) is 6.51. The van der Waals surface area contributed by atoms with E-state index in [-0.39, 0.29) is 4.90 Å². The van der Waals surface area contributed by atoms with E-state index >= 15 is 0 Å². The highest BCUT2D eigenvalue weighted by atomic mass is 79.9. The molecule has 0 radical (unpaired) electrons. The van der Waals surface area contributed by atoms with Crippen molar-refractivity contribution >= 4 is 26.0 Å². The first-order chi connectivity index (χ1) is 9.49. The Morgan fingerprint density at radius 1 is 1.30 bits per heavy atom. The Morgan fingerprint density at radius 3 is 2.60 bits per heavy atom. The number of H-pyrrole nitrogens is 1. The van der Waals surface area contributed by atoms with Crippen LogP contribution in [0.15, 0.2) is 39.8 Å². The van der Waals surface area contributed by atoms with E-state index in [1.165, 1.54) is 0 Å². The molecule has 0 atom stereocenters. The van der Waals surface area contributed by atoms with Crippen molar-refractivity contribution in [3.8, 4) is 0 Å². The Kier molecular flexibility index (Phi) is 4.95. The molecule has 20 heavy (non-hydrogen) atoms. The quantitative estimate of drug-likeness (QED) is 0.779. The Hall–Kier alpha value is -1.18. The van der Waals surface area contributed by atoms with Crippen molar-refractivity contribution in [3.05, 3.63) is 46.2 Å². The van der Waals surface area contributed by atoms with E-state index in [2.05, 4.69) is 30.8 Å². The zero-order valence-electron chi connectivity index (χ0n) is 11.1. The fourth-order valence-corrected chi connectivity index (χ4v) is 3.15. The normalized spacial score (nSPS) is 11.7. The first kappa shape index (κ1) is 15.2. The lowest BCUT2D eigenvalue weighted by Crippen LogP contribution is -2.25. The van der Waals surface area contributed by atoms with Gasteiger partial charge in [0.2, 0.25) is 10.0 Å². The number of hydrogen-bond donors (Lipinski definition) is 2. The standard InChI is InChI=1S/C13H16BrN3O2S/c1-10-11(9-15-17-10)3-2-8-16-20(18,19)13-6-4-12(14)5-7-13/h4-7,9,16H,2-3,8H2,1H3,(H,15,17). The minimum atomic E-state index is -3.42. The van der Waals surface area contributed by atoms with Gasteiger partial charge < -0.3 is 0 Å². The van der Waals surface area contributed by atoms with E-state index in [1.54, 1.807) is 30.5 Å². The monoisotopic (exact) mass is 357 g/mol. The van der Waals surface area contributed by atoms with E-state index in [0.717, 1.165) is 28.6 Å². The number of hydrogen-bond acceptors (Lipinski definition) is 3. The Balaban J connectivity index is 1.87. The first-order valence-electron chi connectivity index (χ1n) is 6.23. The van der Waals surface area contributed by atoms with E-state index in [1.807, 2.05) is 6.92 Å². The maximum absolute atomic E-state index is 12.0. The van der Waals surface area contributed by atoms with Crippen molar-refractivity contribution < 1.29 is 8.42 Å². The highest BCUT2D eigenvalue weighted by molar-refractivity contribution is 9.10. The third kappa shape index (κ3) is 3.91. The molecule has 0 saturated carbocycles. The molecule has 0 saturated heterocycles. The van der Waals surface area contributed by atoms with Crippen LogP contribution in [0.2, 0.25) is 0 Å². The molecule has 0 amide bonds. The zero-order chi connectivity index (χ0) is 14.6. The van der Waals surface area contributed by atoms with Crippen LogP contribution in [0.3, 0.4) is 0 Å². The number of rotatable bonds is 6. The van der Waals surface area contributed by atoms with Gasteiger partial charge >= 0.3 is 0 Å². The molecule has 1 heterocycles. The van der Waals surface area contributed by atoms with Gasteiger partial charge in [0, 0.05) is 16.7 Å². The van der Waals surface area contributed by atoms with E-state index in [4.69, 9.17) is 0 Å². The van der Waals surface area contributed by atoms with Gasteiger partial charge in [0.05, 0.1) is 11.1 Å². The summed E-state index contributed by atoms with van der Waals surface area (Å²) < 4.78 is 27.5. The van der Waals surface area contributed by atoms with Crippen LogP contribution in [0, 0.1) is 6.92 Å². The summed E-state index contributed by atoms with van der Waals surface area (Å²) in [6.45, 7) is 2.36. The number of halogens is 1. The largest absolute Gasteiger partial charge is 0.283 e. The molecule has 0 fully saturated rings. The minimum Gasteiger partial charge on any atom is -0.283 e. The maximum Gasteiger partial charge on any atom is 0.240 e. The van der Waals surface area contributed by atoms with Crippen molar-refractivity contribution in [1.82, 2.24) is 14.9 Å². The van der Waals surface area contributed by atoms with Crippen LogP contribution in [0.5, 0.6) is 0 Å². The molecule has 5 nitrogen and oxygen atoms in total. The number of sulfonamides is 1. The van der Waals surface area contributed by atoms with Gasteiger partial charge in [-0.2, -0.15) is 5.10 Å². The average molecular weight is 358 g/mol. The van der Waals surface area contributed by atoms with Crippen LogP contribution >= 0.6 is 15.9 Å². The Labute approximate surface area is 127 Å². The Bertz CT molecular complexity index is 665. The average Bonchev–Trinajstić information content (AvgIpc) is 2.81. The molecule has 0 aliphatic heterocycles. The summed E-state index contributed by atoms with van der Waals surface area (Å²) in [6, 6.07) is 6.58. The van der Waals surface area contributed by atoms with Gasteiger partial charge in [-0.15, -0.1) is 0 Å². The molecule has 0 bridgehead atoms. The Morgan fingerprint density at radius 2 is 2.00 bits per heavy atom. The SMILES string of the molecule is Cc1[nH]ncc1CCCNS(=O)(=O)c1ccc(Br)cc1. The van der Waals surface area contributed by atoms with Gasteiger partial charge in [0.25, 0.3) is 0 Å². The zero-order valence-corrected chi connectivity index (χ0v) is 13.5. The summed E-state index contributed by atoms with van der Waals surface area (Å²) in [5.74, 6) is 0. The van der Waals surface area contributed by atoms with Crippen molar-refractivity contribution in [1.29, 1.82) is 0 Å². The van der Waals surface area contributed by atoms with E-state index < -0.39 is 10.0 Å². The lowest BCUT2D eigenvalue weighted by Gasteiger charge is -2.06. The summed E-state index contributed by atoms with van der Waals surface area (Å²) in [4.78, 5) is 0.278. The van der Waals surface area contributed by atoms with Crippen LogP contribution < -0.4 is 4.72 Å². The minimum absolute atomic E-state index is 0.278. The number of nitrogens with zero attached hydrogens (tertiary/aromatic N) is 1. The molecule has 2 N–H and O–H groups in total. The topological polar surface area (TPSA) is 74.8 Å². The second-order valence-electron chi connectivity index (χ2n) is 4.48. The summed E-state index contributed by atoms with van der Waals surface area (Å²) >= 11 is 3.28. The molecule has 1 aromatic heterocycles. The number of nitrogens with one attached hydrogen (secondary N) is 2. The summed E-state index contributed by atoms with van der Waals surface area (Å²) in [6.07, 6.45) is 3.31. The fourth-order valence-electron chi connectivity index (χ4n) is 1.81. The smallest absolute Gasteiger partial charge is 0.240 e. The van der Waals surface area contributed by atoms with E-state index in [9.17, 15) is 8.42 Å². The van der Waals surface area contributed by atoms with Gasteiger partial charge in [0.15, 0.2) is 0 Å². The summed E-state index contributed by atoms with van der Waals surface area (Å²) in [7, 11) is -3.42. The maximum atomic E-state index is 12.0. The van der Waals surface area contributed by atoms with Crippen LogP contribution in [-0.2, 0) is 16.4 Å². The number of aromatic amines is 1. The molecule has 0 aliphatic carbocycles. The molecule has 0 unspecified atom stereocenters. The molecule has 2 aromatic rings. The van der Waals surface area contributed by atoms with Crippen LogP contribution in [0.1, 0.15) is 17.7 Å². The molecule has 0 spiro atoms. The summed E-state index contributed by atoms with van der Waals surface area (Å²) in [5, 5.41) is 6.80. The second-order valence-corrected chi connectivity index (χ2v) is 7.16. The molecule has 7 heteroatoms. The fraction of sp³-hybridized carbons (Fsp3) is 0.308. The number of aryl methyl sites for hydroxylation is 2. The molecule has 1 aromatic carbocycles. The third-order valence-electron chi connectivity index (χ3n) is 2.97. The third-order valence-corrected chi connectivity index (χ3v) is 4.98. The lowest BCUT2D eigenvalue weighted by atomic mass is 10.1. The number of aromatic nitrogens is 2. The van der Waals surface area contributed by atoms with Crippen LogP contribution in [-0.4, -0.2) is 25.2 Å². The molecule has 0 aliphatic rings. The van der Waals surface area contributed by atoms with Crippen molar-refractivity contribution in [2.75, 3.05) is 6.54 Å². The van der Waals surface area contributed by atoms with Crippen molar-refractivity contribution in [3.63, 3.8) is 0 Å². The molecular weight excluding hydrogens is 342 g/mol. The van der Waals surface area contributed by atoms with Crippen LogP contribution in [0.25, 0.3) is 0 Å². The van der Waals surface area contributed by atoms with Gasteiger partial charge in [0.1, 0.15) is 0 Å². The van der Waals surface area contributed by atoms with Gasteiger partial charge in [-0.05, 0) is 49.6 Å². The van der Waals surface area contributed by atoms with Gasteiger partial charge in [-0.1, -0.05) is 15.9 Å². The lowest BCUT2D eigenvalue weighted by molar-refractivity contribution is 0.579. The summed E-state index contributed by atoms with van der Waals surface area (Å²) in [5.41, 5.74) is 2.15. The molecule has 108 valence electrons.